The fraction of sp³-hybridized carbons (Fsp3) is 0.143. The van der Waals surface area contributed by atoms with Gasteiger partial charge in [-0.2, -0.15) is 0 Å². The fourth-order valence-corrected chi connectivity index (χ4v) is 1.88. The second-order valence-corrected chi connectivity index (χ2v) is 4.55. The summed E-state index contributed by atoms with van der Waals surface area (Å²) in [5, 5.41) is 12.5. The normalized spacial score (nSPS) is 11.9. The molecule has 0 bridgehead atoms. The third-order valence-corrected chi connectivity index (χ3v) is 3.06. The topological polar surface area (TPSA) is 62.2 Å². The monoisotopic (exact) mass is 276 g/mol. The van der Waals surface area contributed by atoms with E-state index in [0.29, 0.717) is 5.02 Å². The van der Waals surface area contributed by atoms with Crippen molar-refractivity contribution in [2.45, 2.75) is 13.0 Å². The van der Waals surface area contributed by atoms with Crippen LogP contribution in [0.4, 0.5) is 0 Å². The van der Waals surface area contributed by atoms with E-state index < -0.39 is 0 Å². The molecule has 0 aliphatic heterocycles. The molecule has 0 fully saturated rings. The Bertz CT molecular complexity index is 587. The number of rotatable bonds is 3. The number of nitrogens with zero attached hydrogens (tertiary/aromatic N) is 1. The van der Waals surface area contributed by atoms with Crippen LogP contribution in [-0.2, 0) is 0 Å². The zero-order valence-electron chi connectivity index (χ0n) is 10.3. The van der Waals surface area contributed by atoms with Crippen LogP contribution in [0, 0.1) is 0 Å². The smallest absolute Gasteiger partial charge is 0.253 e. The molecule has 4 nitrogen and oxygen atoms in total. The van der Waals surface area contributed by atoms with Gasteiger partial charge in [-0.15, -0.1) is 0 Å². The van der Waals surface area contributed by atoms with Crippen LogP contribution in [0.25, 0.3) is 0 Å². The maximum Gasteiger partial charge on any atom is 0.253 e. The molecule has 2 rings (SSSR count). The summed E-state index contributed by atoms with van der Waals surface area (Å²) in [7, 11) is 0. The molecule has 2 N–H and O–H groups in total. The zero-order valence-corrected chi connectivity index (χ0v) is 11.1. The summed E-state index contributed by atoms with van der Waals surface area (Å²) < 4.78 is 0. The van der Waals surface area contributed by atoms with Gasteiger partial charge in [0, 0.05) is 12.4 Å². The largest absolute Gasteiger partial charge is 0.508 e. The van der Waals surface area contributed by atoms with Gasteiger partial charge in [-0.25, -0.2) is 0 Å². The number of amides is 1. The van der Waals surface area contributed by atoms with Crippen molar-refractivity contribution < 1.29 is 9.90 Å². The number of benzene rings is 1. The predicted molar refractivity (Wildman–Crippen MR) is 73.2 cm³/mol. The zero-order chi connectivity index (χ0) is 13.8. The quantitative estimate of drug-likeness (QED) is 0.906. The van der Waals surface area contributed by atoms with E-state index in [0.717, 1.165) is 5.56 Å². The molecule has 19 heavy (non-hydrogen) atoms. The van der Waals surface area contributed by atoms with Crippen LogP contribution in [0.5, 0.6) is 5.75 Å². The van der Waals surface area contributed by atoms with E-state index in [1.807, 2.05) is 13.0 Å². The Morgan fingerprint density at radius 1 is 1.42 bits per heavy atom. The first-order valence-corrected chi connectivity index (χ1v) is 6.15. The molecule has 0 saturated carbocycles. The Morgan fingerprint density at radius 3 is 2.89 bits per heavy atom. The summed E-state index contributed by atoms with van der Waals surface area (Å²) >= 11 is 5.94. The minimum atomic E-state index is -0.336. The second-order valence-electron chi connectivity index (χ2n) is 4.15. The van der Waals surface area contributed by atoms with E-state index in [9.17, 15) is 9.90 Å². The third-order valence-electron chi connectivity index (χ3n) is 2.73. The molecule has 0 aliphatic carbocycles. The van der Waals surface area contributed by atoms with Crippen LogP contribution in [0.1, 0.15) is 28.9 Å². The Hall–Kier alpha value is -2.07. The molecule has 5 heteroatoms. The van der Waals surface area contributed by atoms with E-state index in [1.54, 1.807) is 18.5 Å². The summed E-state index contributed by atoms with van der Waals surface area (Å²) in [4.78, 5) is 16.1. The second kappa shape index (κ2) is 5.71. The summed E-state index contributed by atoms with van der Waals surface area (Å²) in [5.74, 6) is -0.333. The number of phenols is 1. The number of pyridine rings is 1. The molecular formula is C14H13ClN2O2. The fourth-order valence-electron chi connectivity index (χ4n) is 1.68. The van der Waals surface area contributed by atoms with Gasteiger partial charge in [-0.1, -0.05) is 17.7 Å². The Morgan fingerprint density at radius 2 is 2.21 bits per heavy atom. The van der Waals surface area contributed by atoms with Crippen LogP contribution in [0.15, 0.2) is 42.7 Å². The molecule has 0 spiro atoms. The van der Waals surface area contributed by atoms with Crippen LogP contribution in [0.3, 0.4) is 0 Å². The van der Waals surface area contributed by atoms with E-state index in [2.05, 4.69) is 10.3 Å². The van der Waals surface area contributed by atoms with Crippen LogP contribution >= 0.6 is 11.6 Å². The molecule has 98 valence electrons. The van der Waals surface area contributed by atoms with Gasteiger partial charge < -0.3 is 10.4 Å². The van der Waals surface area contributed by atoms with E-state index in [-0.39, 0.29) is 23.3 Å². The summed E-state index contributed by atoms with van der Waals surface area (Å²) in [6.07, 6.45) is 3.36. The third kappa shape index (κ3) is 3.23. The van der Waals surface area contributed by atoms with Crippen molar-refractivity contribution in [2.75, 3.05) is 0 Å². The molecule has 1 unspecified atom stereocenters. The van der Waals surface area contributed by atoms with E-state index in [1.165, 1.54) is 18.2 Å². The van der Waals surface area contributed by atoms with Crippen LogP contribution in [0.2, 0.25) is 5.02 Å². The molecule has 1 heterocycles. The van der Waals surface area contributed by atoms with Gasteiger partial charge in [0.25, 0.3) is 5.91 Å². The standard InChI is InChI=1S/C14H13ClN2O2/c1-9(10-3-2-6-16-8-10)17-14(19)12-7-11(18)4-5-13(12)15/h2-9,18H,1H3,(H,17,19). The van der Waals surface area contributed by atoms with Crippen LogP contribution < -0.4 is 5.32 Å². The maximum absolute atomic E-state index is 12.1. The first-order valence-electron chi connectivity index (χ1n) is 5.77. The summed E-state index contributed by atoms with van der Waals surface area (Å²) in [6.45, 7) is 1.85. The molecular weight excluding hydrogens is 264 g/mol. The maximum atomic E-state index is 12.1. The van der Waals surface area contributed by atoms with Crippen molar-refractivity contribution in [2.24, 2.45) is 0 Å². The van der Waals surface area contributed by atoms with Gasteiger partial charge >= 0.3 is 0 Å². The summed E-state index contributed by atoms with van der Waals surface area (Å²) in [5.41, 5.74) is 1.14. The SMILES string of the molecule is CC(NC(=O)c1cc(O)ccc1Cl)c1cccnc1. The minimum absolute atomic E-state index is 0.00332. The molecule has 1 aromatic heterocycles. The molecule has 0 aliphatic rings. The number of nitrogens with one attached hydrogen (secondary N) is 1. The molecule has 0 saturated heterocycles. The van der Waals surface area contributed by atoms with Crippen molar-refractivity contribution >= 4 is 17.5 Å². The molecule has 1 atom stereocenters. The molecule has 2 aromatic rings. The Balaban J connectivity index is 2.15. The number of halogens is 1. The lowest BCUT2D eigenvalue weighted by atomic mass is 10.1. The highest BCUT2D eigenvalue weighted by Gasteiger charge is 2.14. The van der Waals surface area contributed by atoms with Crippen molar-refractivity contribution in [1.82, 2.24) is 10.3 Å². The lowest BCUT2D eigenvalue weighted by Gasteiger charge is -2.14. The number of carbonyl (C=O) groups is 1. The Kier molecular flexibility index (Phi) is 4.02. The van der Waals surface area contributed by atoms with Gasteiger partial charge in [-0.05, 0) is 36.8 Å². The first kappa shape index (κ1) is 13.4. The highest BCUT2D eigenvalue weighted by atomic mass is 35.5. The average Bonchev–Trinajstić information content (AvgIpc) is 2.42. The lowest BCUT2D eigenvalue weighted by molar-refractivity contribution is 0.0939. The predicted octanol–water partition coefficient (Wildman–Crippen LogP) is 2.93. The van der Waals surface area contributed by atoms with E-state index >= 15 is 0 Å². The molecule has 1 amide bonds. The van der Waals surface area contributed by atoms with Gasteiger partial charge in [0.1, 0.15) is 5.75 Å². The number of aromatic nitrogens is 1. The highest BCUT2D eigenvalue weighted by Crippen LogP contribution is 2.22. The number of hydrogen-bond acceptors (Lipinski definition) is 3. The number of aromatic hydroxyl groups is 1. The molecule has 1 aromatic carbocycles. The van der Waals surface area contributed by atoms with Gasteiger partial charge in [-0.3, -0.25) is 9.78 Å². The molecule has 0 radical (unpaired) electrons. The lowest BCUT2D eigenvalue weighted by Crippen LogP contribution is -2.26. The number of carbonyl (C=O) groups excluding carboxylic acids is 1. The average molecular weight is 277 g/mol. The van der Waals surface area contributed by atoms with Gasteiger partial charge in [0.15, 0.2) is 0 Å². The summed E-state index contributed by atoms with van der Waals surface area (Å²) in [6, 6.07) is 7.75. The number of hydrogen-bond donors (Lipinski definition) is 2. The van der Waals surface area contributed by atoms with Crippen molar-refractivity contribution in [3.05, 3.63) is 58.9 Å². The van der Waals surface area contributed by atoms with Crippen molar-refractivity contribution in [1.29, 1.82) is 0 Å². The Labute approximate surface area is 116 Å². The minimum Gasteiger partial charge on any atom is -0.508 e. The van der Waals surface area contributed by atoms with Crippen molar-refractivity contribution in [3.8, 4) is 5.75 Å². The van der Waals surface area contributed by atoms with Crippen LogP contribution in [-0.4, -0.2) is 16.0 Å². The highest BCUT2D eigenvalue weighted by molar-refractivity contribution is 6.33. The van der Waals surface area contributed by atoms with Crippen molar-refractivity contribution in [3.63, 3.8) is 0 Å². The number of phenolic OH excluding ortho intramolecular Hbond substituents is 1. The van der Waals surface area contributed by atoms with E-state index in [4.69, 9.17) is 11.6 Å². The first-order chi connectivity index (χ1) is 9.08. The van der Waals surface area contributed by atoms with Gasteiger partial charge in [0.2, 0.25) is 0 Å². The van der Waals surface area contributed by atoms with Gasteiger partial charge in [0.05, 0.1) is 16.6 Å².